The normalized spacial score (nSPS) is 11.5. The summed E-state index contributed by atoms with van der Waals surface area (Å²) in [5.41, 5.74) is 3.58. The van der Waals surface area contributed by atoms with E-state index in [4.69, 9.17) is 37.4 Å². The highest BCUT2D eigenvalue weighted by Crippen LogP contribution is 2.37. The standard InChI is InChI=1S/C25H25Cl2N3O6S/c1-34-21-11-18(12-22(35-2)25(21)36-3)14-28-29-24(31)16-30(15-17-7-5-4-6-8-17)37(32,33)23-13-19(26)9-10-20(23)27/h4-14H,15-16H2,1-3H3,(H,29,31)/b28-14+. The van der Waals surface area contributed by atoms with E-state index >= 15 is 0 Å². The molecular formula is C25H25Cl2N3O6S. The maximum Gasteiger partial charge on any atom is 0.255 e. The maximum absolute atomic E-state index is 13.5. The topological polar surface area (TPSA) is 107 Å². The van der Waals surface area contributed by atoms with Crippen molar-refractivity contribution in [3.8, 4) is 17.2 Å². The number of rotatable bonds is 11. The Hall–Kier alpha value is -3.31. The van der Waals surface area contributed by atoms with Crippen molar-refractivity contribution in [2.75, 3.05) is 27.9 Å². The Morgan fingerprint density at radius 3 is 2.22 bits per heavy atom. The molecule has 37 heavy (non-hydrogen) atoms. The molecule has 3 rings (SSSR count). The lowest BCUT2D eigenvalue weighted by Gasteiger charge is -2.22. The zero-order valence-corrected chi connectivity index (χ0v) is 22.6. The number of methoxy groups -OCH3 is 3. The Balaban J connectivity index is 1.83. The number of hydrogen-bond donors (Lipinski definition) is 1. The predicted molar refractivity (Wildman–Crippen MR) is 142 cm³/mol. The van der Waals surface area contributed by atoms with E-state index in [2.05, 4.69) is 10.5 Å². The second-order valence-electron chi connectivity index (χ2n) is 7.59. The van der Waals surface area contributed by atoms with Crippen LogP contribution in [0.1, 0.15) is 11.1 Å². The summed E-state index contributed by atoms with van der Waals surface area (Å²) in [5.74, 6) is 0.565. The Morgan fingerprint density at radius 1 is 0.973 bits per heavy atom. The lowest BCUT2D eigenvalue weighted by Crippen LogP contribution is -2.39. The average Bonchev–Trinajstić information content (AvgIpc) is 2.89. The first-order valence-corrected chi connectivity index (χ1v) is 13.0. The van der Waals surface area contributed by atoms with E-state index in [0.29, 0.717) is 28.4 Å². The number of carbonyl (C=O) groups is 1. The fraction of sp³-hybridized carbons (Fsp3) is 0.200. The Bertz CT molecular complexity index is 1360. The number of amides is 1. The second-order valence-corrected chi connectivity index (χ2v) is 10.3. The number of sulfonamides is 1. The van der Waals surface area contributed by atoms with Crippen LogP contribution in [0.3, 0.4) is 0 Å². The van der Waals surface area contributed by atoms with Crippen LogP contribution in [0.2, 0.25) is 10.0 Å². The van der Waals surface area contributed by atoms with Crippen molar-refractivity contribution in [1.29, 1.82) is 0 Å². The minimum absolute atomic E-state index is 0.0108. The van der Waals surface area contributed by atoms with Gasteiger partial charge >= 0.3 is 0 Å². The van der Waals surface area contributed by atoms with Gasteiger partial charge in [0.2, 0.25) is 15.8 Å². The van der Waals surface area contributed by atoms with Crippen LogP contribution < -0.4 is 19.6 Å². The number of carbonyl (C=O) groups excluding carboxylic acids is 1. The van der Waals surface area contributed by atoms with Crippen LogP contribution in [-0.2, 0) is 21.4 Å². The van der Waals surface area contributed by atoms with Crippen LogP contribution in [0.25, 0.3) is 0 Å². The first kappa shape index (κ1) is 28.3. The number of ether oxygens (including phenoxy) is 3. The maximum atomic E-state index is 13.5. The molecule has 0 fully saturated rings. The Morgan fingerprint density at radius 2 is 1.62 bits per heavy atom. The van der Waals surface area contributed by atoms with E-state index in [0.717, 1.165) is 4.31 Å². The molecule has 0 aliphatic carbocycles. The molecule has 0 bridgehead atoms. The van der Waals surface area contributed by atoms with Gasteiger partial charge in [0.15, 0.2) is 11.5 Å². The van der Waals surface area contributed by atoms with Crippen molar-refractivity contribution in [2.24, 2.45) is 5.10 Å². The molecule has 9 nitrogen and oxygen atoms in total. The van der Waals surface area contributed by atoms with Crippen molar-refractivity contribution in [3.05, 3.63) is 81.8 Å². The number of nitrogens with zero attached hydrogens (tertiary/aromatic N) is 2. The summed E-state index contributed by atoms with van der Waals surface area (Å²) in [5, 5.41) is 4.13. The molecule has 0 unspecified atom stereocenters. The highest BCUT2D eigenvalue weighted by Gasteiger charge is 2.29. The summed E-state index contributed by atoms with van der Waals surface area (Å²) in [6, 6.07) is 16.3. The number of halogens is 2. The first-order valence-electron chi connectivity index (χ1n) is 10.8. The molecule has 0 saturated heterocycles. The molecule has 0 saturated carbocycles. The van der Waals surface area contributed by atoms with Crippen molar-refractivity contribution in [3.63, 3.8) is 0 Å². The molecule has 0 aliphatic heterocycles. The van der Waals surface area contributed by atoms with Gasteiger partial charge in [0.1, 0.15) is 4.90 Å². The van der Waals surface area contributed by atoms with Gasteiger partial charge in [0.05, 0.1) is 39.1 Å². The third-order valence-corrected chi connectivity index (χ3v) is 7.63. The third kappa shape index (κ3) is 7.14. The lowest BCUT2D eigenvalue weighted by molar-refractivity contribution is -0.121. The van der Waals surface area contributed by atoms with E-state index in [1.807, 2.05) is 0 Å². The SMILES string of the molecule is COc1cc(/C=N/NC(=O)CN(Cc2ccccc2)S(=O)(=O)c2cc(Cl)ccc2Cl)cc(OC)c1OC. The third-order valence-electron chi connectivity index (χ3n) is 5.12. The number of hydrogen-bond acceptors (Lipinski definition) is 7. The van der Waals surface area contributed by atoms with Gasteiger partial charge in [0, 0.05) is 17.1 Å². The lowest BCUT2D eigenvalue weighted by atomic mass is 10.2. The van der Waals surface area contributed by atoms with Crippen molar-refractivity contribution >= 4 is 45.3 Å². The molecule has 0 radical (unpaired) electrons. The summed E-state index contributed by atoms with van der Waals surface area (Å²) >= 11 is 12.2. The van der Waals surface area contributed by atoms with Gasteiger partial charge in [-0.1, -0.05) is 53.5 Å². The quantitative estimate of drug-likeness (QED) is 0.273. The van der Waals surface area contributed by atoms with Gasteiger partial charge in [0.25, 0.3) is 5.91 Å². The summed E-state index contributed by atoms with van der Waals surface area (Å²) in [6.07, 6.45) is 1.37. The van der Waals surface area contributed by atoms with Gasteiger partial charge in [-0.2, -0.15) is 9.41 Å². The highest BCUT2D eigenvalue weighted by molar-refractivity contribution is 7.89. The molecule has 196 valence electrons. The van der Waals surface area contributed by atoms with Gasteiger partial charge in [-0.05, 0) is 35.9 Å². The van der Waals surface area contributed by atoms with E-state index in [1.165, 1.54) is 45.7 Å². The fourth-order valence-corrected chi connectivity index (χ4v) is 5.50. The van der Waals surface area contributed by atoms with Crippen LogP contribution in [0.5, 0.6) is 17.2 Å². The van der Waals surface area contributed by atoms with Crippen LogP contribution in [0, 0.1) is 0 Å². The molecule has 12 heteroatoms. The van der Waals surface area contributed by atoms with Gasteiger partial charge in [-0.15, -0.1) is 0 Å². The minimum Gasteiger partial charge on any atom is -0.493 e. The molecule has 1 N–H and O–H groups in total. The average molecular weight is 566 g/mol. The van der Waals surface area contributed by atoms with Crippen LogP contribution in [0.4, 0.5) is 0 Å². The minimum atomic E-state index is -4.19. The van der Waals surface area contributed by atoms with Crippen LogP contribution in [-0.4, -0.2) is 52.7 Å². The van der Waals surface area contributed by atoms with Crippen molar-refractivity contribution in [2.45, 2.75) is 11.4 Å². The van der Waals surface area contributed by atoms with Crippen molar-refractivity contribution in [1.82, 2.24) is 9.73 Å². The van der Waals surface area contributed by atoms with Crippen LogP contribution >= 0.6 is 23.2 Å². The van der Waals surface area contributed by atoms with Gasteiger partial charge in [-0.3, -0.25) is 4.79 Å². The molecule has 1 amide bonds. The molecule has 3 aromatic rings. The van der Waals surface area contributed by atoms with E-state index in [1.54, 1.807) is 42.5 Å². The summed E-state index contributed by atoms with van der Waals surface area (Å²) in [6.45, 7) is -0.595. The van der Waals surface area contributed by atoms with Gasteiger partial charge in [-0.25, -0.2) is 13.8 Å². The van der Waals surface area contributed by atoms with Gasteiger partial charge < -0.3 is 14.2 Å². The van der Waals surface area contributed by atoms with E-state index < -0.39 is 22.5 Å². The highest BCUT2D eigenvalue weighted by atomic mass is 35.5. The zero-order chi connectivity index (χ0) is 27.0. The Kier molecular flexibility index (Phi) is 9.76. The molecular weight excluding hydrogens is 541 g/mol. The summed E-state index contributed by atoms with van der Waals surface area (Å²) in [4.78, 5) is 12.5. The number of benzene rings is 3. The van der Waals surface area contributed by atoms with E-state index in [-0.39, 0.29) is 21.5 Å². The first-order chi connectivity index (χ1) is 17.7. The predicted octanol–water partition coefficient (Wildman–Crippen LogP) is 4.36. The summed E-state index contributed by atoms with van der Waals surface area (Å²) < 4.78 is 43.8. The molecule has 0 aliphatic rings. The van der Waals surface area contributed by atoms with E-state index in [9.17, 15) is 13.2 Å². The molecule has 0 atom stereocenters. The summed E-state index contributed by atoms with van der Waals surface area (Å²) in [7, 11) is 0.253. The monoisotopic (exact) mass is 565 g/mol. The largest absolute Gasteiger partial charge is 0.493 e. The Labute approximate surface area is 225 Å². The molecule has 0 spiro atoms. The number of hydrazone groups is 1. The zero-order valence-electron chi connectivity index (χ0n) is 20.3. The van der Waals surface area contributed by atoms with Crippen LogP contribution in [0.15, 0.2) is 70.7 Å². The molecule has 3 aromatic carbocycles. The number of nitrogens with one attached hydrogen (secondary N) is 1. The van der Waals surface area contributed by atoms with Crippen molar-refractivity contribution < 1.29 is 27.4 Å². The molecule has 0 heterocycles. The second kappa shape index (κ2) is 12.8. The fourth-order valence-electron chi connectivity index (χ4n) is 3.38. The molecule has 0 aromatic heterocycles. The smallest absolute Gasteiger partial charge is 0.255 e.